The molecule has 4 heterocycles. The molecule has 0 spiro atoms. The van der Waals surface area contributed by atoms with Crippen LogP contribution in [0.4, 0.5) is 9.59 Å². The molecule has 0 unspecified atom stereocenters. The van der Waals surface area contributed by atoms with Crippen LogP contribution in [0.3, 0.4) is 0 Å². The van der Waals surface area contributed by atoms with Crippen molar-refractivity contribution in [2.75, 3.05) is 13.7 Å². The van der Waals surface area contributed by atoms with Crippen molar-refractivity contribution >= 4 is 24.0 Å². The van der Waals surface area contributed by atoms with Crippen LogP contribution in [-0.2, 0) is 14.3 Å². The maximum atomic E-state index is 13.7. The number of aromatic amines is 2. The Balaban J connectivity index is 0.990. The van der Waals surface area contributed by atoms with Gasteiger partial charge in [-0.1, -0.05) is 84.9 Å². The molecule has 0 saturated carbocycles. The summed E-state index contributed by atoms with van der Waals surface area (Å²) < 4.78 is 4.72. The third kappa shape index (κ3) is 8.67. The van der Waals surface area contributed by atoms with Crippen LogP contribution in [0.25, 0.3) is 33.8 Å². The summed E-state index contributed by atoms with van der Waals surface area (Å²) in [6.45, 7) is 2.29. The van der Waals surface area contributed by atoms with Gasteiger partial charge >= 0.3 is 12.2 Å². The average Bonchev–Trinajstić information content (AvgIpc) is 4.04. The number of pyridine rings is 1. The molecule has 4 atom stereocenters. The summed E-state index contributed by atoms with van der Waals surface area (Å²) in [4.78, 5) is 72.7. The number of benzene rings is 3. The fourth-order valence-electron chi connectivity index (χ4n) is 6.93. The quantitative estimate of drug-likeness (QED) is 0.0805. The lowest BCUT2D eigenvalue weighted by Crippen LogP contribution is -2.42. The van der Waals surface area contributed by atoms with Crippen molar-refractivity contribution in [3.63, 3.8) is 0 Å². The number of hydrogen-bond donors (Lipinski definition) is 6. The first-order valence-corrected chi connectivity index (χ1v) is 18.4. The number of H-pyrrole nitrogens is 2. The van der Waals surface area contributed by atoms with E-state index < -0.39 is 36.2 Å². The van der Waals surface area contributed by atoms with Gasteiger partial charge < -0.3 is 40.7 Å². The lowest BCUT2D eigenvalue weighted by atomic mass is 10.1. The molecule has 0 bridgehead atoms. The van der Waals surface area contributed by atoms with Gasteiger partial charge in [-0.05, 0) is 48.6 Å². The number of carboxylic acid groups (broad SMARTS) is 1. The Hall–Kier alpha value is -7.29. The van der Waals surface area contributed by atoms with Crippen LogP contribution in [0.5, 0.6) is 0 Å². The number of hydrogen-bond acceptors (Lipinski definition) is 8. The third-order valence-electron chi connectivity index (χ3n) is 9.87. The fraction of sp³-hybridized carbons (Fsp3) is 0.214. The molecule has 6 N–H and O–H groups in total. The number of amides is 4. The van der Waals surface area contributed by atoms with Crippen LogP contribution in [0.1, 0.15) is 66.7 Å². The van der Waals surface area contributed by atoms with Gasteiger partial charge in [-0.25, -0.2) is 19.6 Å². The predicted octanol–water partition coefficient (Wildman–Crippen LogP) is 6.48. The highest BCUT2D eigenvalue weighted by atomic mass is 16.5. The third-order valence-corrected chi connectivity index (χ3v) is 9.87. The largest absolute Gasteiger partial charge is 0.465 e. The van der Waals surface area contributed by atoms with Crippen molar-refractivity contribution in [3.8, 4) is 33.8 Å². The highest BCUT2D eigenvalue weighted by Gasteiger charge is 2.37. The highest BCUT2D eigenvalue weighted by molar-refractivity contribution is 5.88. The predicted molar refractivity (Wildman–Crippen MR) is 210 cm³/mol. The molecule has 3 aromatic heterocycles. The first-order valence-electron chi connectivity index (χ1n) is 18.4. The number of alkyl carbamates (subject to hydrolysis) is 1. The molecule has 1 fully saturated rings. The van der Waals surface area contributed by atoms with E-state index in [1.165, 1.54) is 7.11 Å². The first kappa shape index (κ1) is 38.0. The smallest absolute Gasteiger partial charge is 0.407 e. The van der Waals surface area contributed by atoms with Crippen molar-refractivity contribution in [1.29, 1.82) is 0 Å². The SMILES string of the molecule is COC(=O)N[C@@H](C(=O)N[C@@H](C)c1ncc(-c2ccc(-c3ccc(-c4cnc([C@@H]5CCCN5C(=O)[C@H](NC(=O)O)c5ccccc5)[nH]4)cn3)cc2)[nH]1)c1ccccc1. The topological polar surface area (TPSA) is 207 Å². The number of imidazole rings is 2. The first-order chi connectivity index (χ1) is 27.7. The van der Waals surface area contributed by atoms with Gasteiger partial charge in [0.05, 0.1) is 48.7 Å². The summed E-state index contributed by atoms with van der Waals surface area (Å²) in [5.74, 6) is 0.439. The number of nitrogens with zero attached hydrogens (tertiary/aromatic N) is 4. The van der Waals surface area contributed by atoms with Crippen LogP contribution < -0.4 is 16.0 Å². The monoisotopic (exact) mass is 767 g/mol. The van der Waals surface area contributed by atoms with Crippen molar-refractivity contribution in [2.45, 2.75) is 43.9 Å². The zero-order valence-corrected chi connectivity index (χ0v) is 31.2. The van der Waals surface area contributed by atoms with E-state index in [4.69, 9.17) is 9.72 Å². The summed E-state index contributed by atoms with van der Waals surface area (Å²) in [5.41, 5.74) is 6.08. The Morgan fingerprint density at radius 3 is 2.02 bits per heavy atom. The van der Waals surface area contributed by atoms with Gasteiger partial charge in [-0.2, -0.15) is 0 Å². The molecule has 1 aliphatic heterocycles. The number of carbonyl (C=O) groups excluding carboxylic acids is 3. The van der Waals surface area contributed by atoms with Crippen molar-refractivity contribution in [1.82, 2.24) is 45.8 Å². The number of carbonyl (C=O) groups is 4. The molecule has 4 amide bonds. The molecule has 6 aromatic rings. The molecule has 3 aromatic carbocycles. The Bertz CT molecular complexity index is 2330. The lowest BCUT2D eigenvalue weighted by molar-refractivity contribution is -0.134. The molecule has 1 saturated heterocycles. The van der Waals surface area contributed by atoms with Gasteiger partial charge in [0.25, 0.3) is 5.91 Å². The fourth-order valence-corrected chi connectivity index (χ4v) is 6.93. The van der Waals surface area contributed by atoms with Crippen LogP contribution in [0, 0.1) is 0 Å². The number of aromatic nitrogens is 5. The van der Waals surface area contributed by atoms with Crippen molar-refractivity contribution in [3.05, 3.63) is 138 Å². The van der Waals surface area contributed by atoms with E-state index in [2.05, 4.69) is 35.9 Å². The normalized spacial score (nSPS) is 15.3. The number of likely N-dealkylation sites (tertiary alicyclic amines) is 1. The molecule has 290 valence electrons. The molecule has 57 heavy (non-hydrogen) atoms. The summed E-state index contributed by atoms with van der Waals surface area (Å²) in [7, 11) is 1.24. The molecular formula is C42H41N9O6. The molecule has 1 aliphatic rings. The summed E-state index contributed by atoms with van der Waals surface area (Å²) >= 11 is 0. The molecule has 7 rings (SSSR count). The number of nitrogens with one attached hydrogen (secondary N) is 5. The van der Waals surface area contributed by atoms with E-state index in [0.717, 1.165) is 40.2 Å². The molecular weight excluding hydrogens is 727 g/mol. The Labute approximate surface area is 327 Å². The second kappa shape index (κ2) is 17.0. The average molecular weight is 768 g/mol. The maximum Gasteiger partial charge on any atom is 0.407 e. The summed E-state index contributed by atoms with van der Waals surface area (Å²) in [6, 6.07) is 26.7. The van der Waals surface area contributed by atoms with Gasteiger partial charge in [-0.3, -0.25) is 14.6 Å². The maximum absolute atomic E-state index is 13.7. The van der Waals surface area contributed by atoms with Crippen LogP contribution in [0.2, 0.25) is 0 Å². The molecule has 15 heteroatoms. The second-order valence-corrected chi connectivity index (χ2v) is 13.6. The Morgan fingerprint density at radius 1 is 0.737 bits per heavy atom. The molecule has 0 aliphatic carbocycles. The summed E-state index contributed by atoms with van der Waals surface area (Å²) in [6.07, 6.45) is 4.66. The zero-order valence-electron chi connectivity index (χ0n) is 31.2. The molecule has 15 nitrogen and oxygen atoms in total. The number of rotatable bonds is 12. The van der Waals surface area contributed by atoms with E-state index >= 15 is 0 Å². The molecule has 0 radical (unpaired) electrons. The highest BCUT2D eigenvalue weighted by Crippen LogP contribution is 2.34. The van der Waals surface area contributed by atoms with Gasteiger partial charge in [0.2, 0.25) is 5.91 Å². The minimum Gasteiger partial charge on any atom is -0.465 e. The standard InChI is InChI=1S/C42H41N9O6/c1-25(46-39(52)35(50-42(56)57-2)28-10-5-3-6-11-28)37-44-23-32(47-37)27-17-15-26(16-18-27)31-20-19-30(22-43-31)33-24-45-38(48-33)34-14-9-21-51(34)40(53)36(49-41(54)55)29-12-7-4-8-13-29/h3-8,10-13,15-20,22-25,34-36,49H,9,14,21H2,1-2H3,(H,44,47)(H,45,48)(H,46,52)(H,50,56)(H,54,55)/t25-,34-,35+,36+/m0/s1. The van der Waals surface area contributed by atoms with Crippen LogP contribution in [-0.4, -0.2) is 72.6 Å². The van der Waals surface area contributed by atoms with Crippen LogP contribution >= 0.6 is 0 Å². The van der Waals surface area contributed by atoms with E-state index in [1.54, 1.807) is 78.9 Å². The number of methoxy groups -OCH3 is 1. The minimum atomic E-state index is -1.27. The van der Waals surface area contributed by atoms with Crippen molar-refractivity contribution in [2.24, 2.45) is 0 Å². The number of ether oxygens (including phenoxy) is 1. The van der Waals surface area contributed by atoms with Crippen LogP contribution in [0.15, 0.2) is 116 Å². The van der Waals surface area contributed by atoms with E-state index in [-0.39, 0.29) is 11.9 Å². The van der Waals surface area contributed by atoms with E-state index in [1.807, 2.05) is 48.5 Å². The van der Waals surface area contributed by atoms with Gasteiger partial charge in [0, 0.05) is 23.9 Å². The van der Waals surface area contributed by atoms with Crippen molar-refractivity contribution < 1.29 is 29.0 Å². The van der Waals surface area contributed by atoms with Gasteiger partial charge in [0.15, 0.2) is 0 Å². The summed E-state index contributed by atoms with van der Waals surface area (Å²) in [5, 5.41) is 17.4. The Morgan fingerprint density at radius 2 is 1.37 bits per heavy atom. The van der Waals surface area contributed by atoms with E-state index in [9.17, 15) is 24.3 Å². The zero-order chi connectivity index (χ0) is 39.9. The van der Waals surface area contributed by atoms with Gasteiger partial charge in [0.1, 0.15) is 23.7 Å². The lowest BCUT2D eigenvalue weighted by Gasteiger charge is -2.28. The Kier molecular flexibility index (Phi) is 11.3. The minimum absolute atomic E-state index is 0.323. The second-order valence-electron chi connectivity index (χ2n) is 13.6. The van der Waals surface area contributed by atoms with E-state index in [0.29, 0.717) is 35.7 Å². The van der Waals surface area contributed by atoms with Gasteiger partial charge in [-0.15, -0.1) is 0 Å².